The third kappa shape index (κ3) is 7.71. The second-order valence-electron chi connectivity index (χ2n) is 9.36. The van der Waals surface area contributed by atoms with Gasteiger partial charge in [-0.1, -0.05) is 24.6 Å². The van der Waals surface area contributed by atoms with Gasteiger partial charge in [0.05, 0.1) is 25.0 Å². The molecule has 1 unspecified atom stereocenters. The smallest absolute Gasteiger partial charge is 0.293 e. The number of hydroxylamine groups is 1. The molecule has 0 saturated carbocycles. The Kier molecular flexibility index (Phi) is 8.69. The Morgan fingerprint density at radius 2 is 2.11 bits per heavy atom. The van der Waals surface area contributed by atoms with E-state index >= 15 is 0 Å². The topological polar surface area (TPSA) is 133 Å². The predicted molar refractivity (Wildman–Crippen MR) is 136 cm³/mol. The molecular weight excluding hydrogens is 498 g/mol. The fraction of sp³-hybridized carbons (Fsp3) is 0.458. The maximum absolute atomic E-state index is 12.3. The molecule has 5 rings (SSSR count). The number of rotatable bonds is 9. The number of anilines is 1. The molecule has 0 spiro atoms. The molecule has 3 aromatic rings. The van der Waals surface area contributed by atoms with Crippen LogP contribution in [0.5, 0.6) is 10.9 Å². The Hall–Kier alpha value is -3.55. The molecule has 37 heavy (non-hydrogen) atoms. The van der Waals surface area contributed by atoms with E-state index in [1.54, 1.807) is 11.1 Å². The predicted octanol–water partition coefficient (Wildman–Crippen LogP) is 1.82. The quantitative estimate of drug-likeness (QED) is 0.398. The van der Waals surface area contributed by atoms with E-state index in [1.165, 1.54) is 28.0 Å². The van der Waals surface area contributed by atoms with Crippen LogP contribution in [0.1, 0.15) is 18.3 Å². The van der Waals surface area contributed by atoms with Gasteiger partial charge in [-0.25, -0.2) is 0 Å². The van der Waals surface area contributed by atoms with Crippen molar-refractivity contribution >= 4 is 29.5 Å². The zero-order valence-electron chi connectivity index (χ0n) is 21.0. The lowest BCUT2D eigenvalue weighted by Crippen LogP contribution is -2.60. The average molecular weight is 530 g/mol. The Morgan fingerprint density at radius 3 is 2.76 bits per heavy atom. The first-order chi connectivity index (χ1) is 17.8. The molecule has 2 amide bonds. The van der Waals surface area contributed by atoms with E-state index in [2.05, 4.69) is 32.2 Å². The van der Waals surface area contributed by atoms with E-state index in [0.717, 1.165) is 11.6 Å². The number of carbonyl (C=O) groups is 2. The first-order valence-corrected chi connectivity index (χ1v) is 12.6. The third-order valence-electron chi connectivity index (χ3n) is 5.72. The summed E-state index contributed by atoms with van der Waals surface area (Å²) in [6.07, 6.45) is 3.79. The Labute approximate surface area is 219 Å². The van der Waals surface area contributed by atoms with Gasteiger partial charge >= 0.3 is 0 Å². The average Bonchev–Trinajstić information content (AvgIpc) is 3.62. The lowest BCUT2D eigenvalue weighted by molar-refractivity contribution is -0.145. The SMILES string of the molecule is Cc1ccc(OCC2(C)CN(C(=O)Cn3cc(NC=O)cn3)C2)cc1.Cc1nsc(OC2CNOC2)n1. The number of hydrogen-bond donors (Lipinski definition) is 2. The summed E-state index contributed by atoms with van der Waals surface area (Å²) in [6.45, 7) is 9.34. The van der Waals surface area contributed by atoms with Crippen LogP contribution in [-0.4, -0.2) is 75.3 Å². The Bertz CT molecular complexity index is 1170. The third-order valence-corrected chi connectivity index (χ3v) is 6.42. The molecule has 12 nitrogen and oxygen atoms in total. The van der Waals surface area contributed by atoms with Crippen LogP contribution in [0.15, 0.2) is 36.7 Å². The second-order valence-corrected chi connectivity index (χ2v) is 10.1. The van der Waals surface area contributed by atoms with Gasteiger partial charge in [-0.15, -0.1) is 0 Å². The van der Waals surface area contributed by atoms with Crippen molar-refractivity contribution in [3.63, 3.8) is 0 Å². The van der Waals surface area contributed by atoms with Gasteiger partial charge in [0.25, 0.3) is 5.19 Å². The fourth-order valence-corrected chi connectivity index (χ4v) is 4.38. The van der Waals surface area contributed by atoms with E-state index in [4.69, 9.17) is 14.3 Å². The minimum absolute atomic E-state index is 0.00793. The van der Waals surface area contributed by atoms with E-state index in [1.807, 2.05) is 38.1 Å². The summed E-state index contributed by atoms with van der Waals surface area (Å²) in [4.78, 5) is 33.5. The van der Waals surface area contributed by atoms with Crippen molar-refractivity contribution in [3.8, 4) is 10.9 Å². The van der Waals surface area contributed by atoms with Crippen molar-refractivity contribution in [2.45, 2.75) is 33.4 Å². The highest BCUT2D eigenvalue weighted by atomic mass is 32.1. The van der Waals surface area contributed by atoms with Gasteiger partial charge in [-0.3, -0.25) is 19.1 Å². The van der Waals surface area contributed by atoms with E-state index < -0.39 is 0 Å². The van der Waals surface area contributed by atoms with Crippen LogP contribution in [-0.2, 0) is 21.0 Å². The summed E-state index contributed by atoms with van der Waals surface area (Å²) in [7, 11) is 0. The number of amides is 2. The summed E-state index contributed by atoms with van der Waals surface area (Å²) < 4.78 is 16.8. The van der Waals surface area contributed by atoms with E-state index in [-0.39, 0.29) is 24.0 Å². The van der Waals surface area contributed by atoms with Gasteiger partial charge in [0, 0.05) is 36.2 Å². The minimum atomic E-state index is -0.0328. The highest BCUT2D eigenvalue weighted by molar-refractivity contribution is 7.07. The molecule has 2 aromatic heterocycles. The minimum Gasteiger partial charge on any atom is -0.493 e. The number of hydrogen-bond acceptors (Lipinski definition) is 10. The molecular formula is C24H31N7O5S. The zero-order valence-corrected chi connectivity index (χ0v) is 21.9. The van der Waals surface area contributed by atoms with Crippen LogP contribution in [0.25, 0.3) is 0 Å². The maximum Gasteiger partial charge on any atom is 0.293 e. The number of benzene rings is 1. The molecule has 1 atom stereocenters. The lowest BCUT2D eigenvalue weighted by Gasteiger charge is -2.47. The first kappa shape index (κ1) is 26.5. The van der Waals surface area contributed by atoms with Crippen molar-refractivity contribution in [2.24, 2.45) is 5.41 Å². The number of aromatic nitrogens is 4. The number of aryl methyl sites for hydroxylation is 2. The first-order valence-electron chi connectivity index (χ1n) is 11.8. The summed E-state index contributed by atoms with van der Waals surface area (Å²) in [5, 5.41) is 7.18. The van der Waals surface area contributed by atoms with Gasteiger partial charge in [0.2, 0.25) is 12.3 Å². The zero-order chi connectivity index (χ0) is 26.3. The summed E-state index contributed by atoms with van der Waals surface area (Å²) in [6, 6.07) is 7.96. The van der Waals surface area contributed by atoms with Crippen LogP contribution in [0.3, 0.4) is 0 Å². The molecule has 0 radical (unpaired) electrons. The van der Waals surface area contributed by atoms with Crippen molar-refractivity contribution in [1.82, 2.24) is 29.5 Å². The van der Waals surface area contributed by atoms with Crippen LogP contribution >= 0.6 is 11.5 Å². The van der Waals surface area contributed by atoms with Gasteiger partial charge in [-0.2, -0.15) is 19.9 Å². The second kappa shape index (κ2) is 12.1. The summed E-state index contributed by atoms with van der Waals surface area (Å²) in [5.74, 6) is 1.61. The summed E-state index contributed by atoms with van der Waals surface area (Å²) in [5.41, 5.74) is 4.47. The maximum atomic E-state index is 12.3. The van der Waals surface area contributed by atoms with Gasteiger partial charge in [-0.05, 0) is 26.0 Å². The van der Waals surface area contributed by atoms with Crippen LogP contribution in [0.2, 0.25) is 0 Å². The standard InChI is InChI=1S/C18H22N4O3.C6H9N3O2S/c1-14-3-5-16(6-4-14)25-12-18(2)10-21(11-18)17(24)9-22-8-15(7-20-22)19-13-23;1-4-8-6(12-9-4)11-5-2-7-10-3-5/h3-8,13H,9-12H2,1-2H3,(H,19,23);5,7H,2-3H2,1H3. The Morgan fingerprint density at radius 1 is 1.32 bits per heavy atom. The highest BCUT2D eigenvalue weighted by Crippen LogP contribution is 2.31. The molecule has 2 aliphatic heterocycles. The van der Waals surface area contributed by atoms with E-state index in [0.29, 0.717) is 50.1 Å². The van der Waals surface area contributed by atoms with Gasteiger partial charge < -0.3 is 19.7 Å². The van der Waals surface area contributed by atoms with Crippen LogP contribution in [0.4, 0.5) is 5.69 Å². The Balaban J connectivity index is 0.000000222. The molecule has 2 N–H and O–H groups in total. The largest absolute Gasteiger partial charge is 0.493 e. The molecule has 4 heterocycles. The number of nitrogens with one attached hydrogen (secondary N) is 2. The summed E-state index contributed by atoms with van der Waals surface area (Å²) >= 11 is 1.27. The van der Waals surface area contributed by atoms with Gasteiger partial charge in [0.15, 0.2) is 0 Å². The molecule has 1 aromatic carbocycles. The monoisotopic (exact) mass is 529 g/mol. The number of ether oxygens (including phenoxy) is 2. The molecule has 198 valence electrons. The van der Waals surface area contributed by atoms with Gasteiger partial charge in [0.1, 0.15) is 30.8 Å². The van der Waals surface area contributed by atoms with Crippen LogP contribution in [0, 0.1) is 19.3 Å². The number of carbonyl (C=O) groups excluding carboxylic acids is 2. The normalized spacial score (nSPS) is 17.8. The molecule has 2 aliphatic rings. The number of likely N-dealkylation sites (tertiary alicyclic amines) is 1. The van der Waals surface area contributed by atoms with Crippen LogP contribution < -0.4 is 20.3 Å². The fourth-order valence-electron chi connectivity index (χ4n) is 3.77. The molecule has 13 heteroatoms. The van der Waals surface area contributed by atoms with E-state index in [9.17, 15) is 9.59 Å². The number of nitrogens with zero attached hydrogens (tertiary/aromatic N) is 5. The molecule has 2 saturated heterocycles. The van der Waals surface area contributed by atoms with Crippen molar-refractivity contribution < 1.29 is 23.9 Å². The van der Waals surface area contributed by atoms with Crippen molar-refractivity contribution in [3.05, 3.63) is 48.0 Å². The lowest BCUT2D eigenvalue weighted by atomic mass is 9.83. The molecule has 0 bridgehead atoms. The highest BCUT2D eigenvalue weighted by Gasteiger charge is 2.42. The van der Waals surface area contributed by atoms with Crippen molar-refractivity contribution in [1.29, 1.82) is 0 Å². The molecule has 2 fully saturated rings. The molecule has 0 aliphatic carbocycles. The van der Waals surface area contributed by atoms with Crippen molar-refractivity contribution in [2.75, 3.05) is 38.2 Å².